The van der Waals surface area contributed by atoms with Gasteiger partial charge in [-0.2, -0.15) is 0 Å². The van der Waals surface area contributed by atoms with Crippen LogP contribution in [-0.4, -0.2) is 11.7 Å². The average Bonchev–Trinajstić information content (AvgIpc) is 2.86. The summed E-state index contributed by atoms with van der Waals surface area (Å²) in [5.74, 6) is 0.355. The molecule has 17 heavy (non-hydrogen) atoms. The van der Waals surface area contributed by atoms with E-state index in [-0.39, 0.29) is 5.92 Å². The normalized spacial score (nSPS) is 14.5. The van der Waals surface area contributed by atoms with Crippen LogP contribution in [0.5, 0.6) is 0 Å². The number of aliphatic hydroxyl groups excluding tert-OH is 1. The van der Waals surface area contributed by atoms with E-state index in [1.54, 1.807) is 18.4 Å². The molecule has 1 heterocycles. The third-order valence-corrected chi connectivity index (χ3v) is 3.50. The summed E-state index contributed by atoms with van der Waals surface area (Å²) < 4.78 is 6.16. The second-order valence-electron chi connectivity index (χ2n) is 3.82. The van der Waals surface area contributed by atoms with Gasteiger partial charge in [-0.3, -0.25) is 0 Å². The average molecular weight is 296 g/mol. The molecule has 0 saturated heterocycles. The fraction of sp³-hybridized carbons (Fsp3) is 0.231. The maximum Gasteiger partial charge on any atom is 0.132 e. The van der Waals surface area contributed by atoms with Crippen molar-refractivity contribution in [3.63, 3.8) is 0 Å². The summed E-state index contributed by atoms with van der Waals surface area (Å²) in [6.45, 7) is 0.352. The van der Waals surface area contributed by atoms with Gasteiger partial charge in [0.25, 0.3) is 0 Å². The highest BCUT2D eigenvalue weighted by molar-refractivity contribution is 9.10. The Morgan fingerprint density at radius 1 is 1.24 bits per heavy atom. The molecule has 2 atom stereocenters. The van der Waals surface area contributed by atoms with Crippen LogP contribution >= 0.6 is 15.9 Å². The van der Waals surface area contributed by atoms with Gasteiger partial charge in [0.2, 0.25) is 0 Å². The Bertz CT molecular complexity index is 470. The predicted octanol–water partition coefficient (Wildman–Crippen LogP) is 2.82. The van der Waals surface area contributed by atoms with Crippen LogP contribution in [0.25, 0.3) is 0 Å². The topological polar surface area (TPSA) is 59.4 Å². The van der Waals surface area contributed by atoms with Gasteiger partial charge >= 0.3 is 0 Å². The van der Waals surface area contributed by atoms with Crippen molar-refractivity contribution >= 4 is 15.9 Å². The van der Waals surface area contributed by atoms with Crippen LogP contribution in [0.1, 0.15) is 23.3 Å². The summed E-state index contributed by atoms with van der Waals surface area (Å²) in [6, 6.07) is 11.3. The molecule has 0 saturated carbocycles. The number of aliphatic hydroxyl groups is 1. The summed E-state index contributed by atoms with van der Waals surface area (Å²) in [5, 5.41) is 10.3. The molecule has 0 aliphatic carbocycles. The fourth-order valence-corrected chi connectivity index (χ4v) is 2.44. The van der Waals surface area contributed by atoms with Crippen LogP contribution in [0.4, 0.5) is 0 Å². The number of rotatable bonds is 4. The van der Waals surface area contributed by atoms with E-state index in [0.29, 0.717) is 12.3 Å². The number of halogens is 1. The van der Waals surface area contributed by atoms with Gasteiger partial charge in [0, 0.05) is 16.9 Å². The molecule has 2 rings (SSSR count). The van der Waals surface area contributed by atoms with Gasteiger partial charge in [-0.15, -0.1) is 0 Å². The number of benzene rings is 1. The fourth-order valence-electron chi connectivity index (χ4n) is 1.86. The molecule has 4 heteroatoms. The summed E-state index contributed by atoms with van der Waals surface area (Å²) >= 11 is 3.47. The molecule has 0 aliphatic rings. The molecule has 0 radical (unpaired) electrons. The van der Waals surface area contributed by atoms with E-state index in [1.807, 2.05) is 24.3 Å². The van der Waals surface area contributed by atoms with Gasteiger partial charge < -0.3 is 15.3 Å². The Kier molecular flexibility index (Phi) is 3.99. The highest BCUT2D eigenvalue weighted by Crippen LogP contribution is 2.34. The SMILES string of the molecule is NCC(c1ccccc1Br)C(O)c1ccco1. The van der Waals surface area contributed by atoms with Crippen LogP contribution in [-0.2, 0) is 0 Å². The first-order valence-electron chi connectivity index (χ1n) is 5.40. The van der Waals surface area contributed by atoms with Crippen LogP contribution < -0.4 is 5.73 Å². The molecule has 0 fully saturated rings. The lowest BCUT2D eigenvalue weighted by Gasteiger charge is -2.21. The van der Waals surface area contributed by atoms with Crippen molar-refractivity contribution in [2.24, 2.45) is 5.73 Å². The molecule has 1 aromatic heterocycles. The van der Waals surface area contributed by atoms with E-state index in [1.165, 1.54) is 0 Å². The molecule has 0 spiro atoms. The summed E-state index contributed by atoms with van der Waals surface area (Å²) in [4.78, 5) is 0. The molecular weight excluding hydrogens is 282 g/mol. The van der Waals surface area contributed by atoms with Crippen molar-refractivity contribution in [3.8, 4) is 0 Å². The first-order chi connectivity index (χ1) is 8.24. The maximum atomic E-state index is 10.3. The molecule has 0 bridgehead atoms. The second kappa shape index (κ2) is 5.49. The van der Waals surface area contributed by atoms with Crippen molar-refractivity contribution in [1.29, 1.82) is 0 Å². The lowest BCUT2D eigenvalue weighted by Crippen LogP contribution is -2.20. The van der Waals surface area contributed by atoms with E-state index < -0.39 is 6.10 Å². The smallest absolute Gasteiger partial charge is 0.132 e. The zero-order chi connectivity index (χ0) is 12.3. The van der Waals surface area contributed by atoms with Crippen molar-refractivity contribution in [2.75, 3.05) is 6.54 Å². The lowest BCUT2D eigenvalue weighted by molar-refractivity contribution is 0.121. The Balaban J connectivity index is 2.31. The second-order valence-corrected chi connectivity index (χ2v) is 4.68. The zero-order valence-corrected chi connectivity index (χ0v) is 10.8. The van der Waals surface area contributed by atoms with E-state index in [9.17, 15) is 5.11 Å². The zero-order valence-electron chi connectivity index (χ0n) is 9.21. The molecule has 1 aromatic carbocycles. The largest absolute Gasteiger partial charge is 0.467 e. The van der Waals surface area contributed by atoms with Crippen LogP contribution in [0.15, 0.2) is 51.6 Å². The molecule has 90 valence electrons. The third kappa shape index (κ3) is 2.60. The van der Waals surface area contributed by atoms with Crippen molar-refractivity contribution in [1.82, 2.24) is 0 Å². The summed E-state index contributed by atoms with van der Waals surface area (Å²) in [6.07, 6.45) is 0.820. The summed E-state index contributed by atoms with van der Waals surface area (Å²) in [7, 11) is 0. The van der Waals surface area contributed by atoms with Crippen LogP contribution in [0.3, 0.4) is 0 Å². The Labute approximate surface area is 108 Å². The number of hydrogen-bond donors (Lipinski definition) is 2. The van der Waals surface area contributed by atoms with Gasteiger partial charge in [0.15, 0.2) is 0 Å². The van der Waals surface area contributed by atoms with Gasteiger partial charge in [0.1, 0.15) is 11.9 Å². The number of nitrogens with two attached hydrogens (primary N) is 1. The first-order valence-corrected chi connectivity index (χ1v) is 6.19. The predicted molar refractivity (Wildman–Crippen MR) is 69.6 cm³/mol. The van der Waals surface area contributed by atoms with E-state index >= 15 is 0 Å². The molecule has 3 N–H and O–H groups in total. The minimum Gasteiger partial charge on any atom is -0.467 e. The van der Waals surface area contributed by atoms with Crippen molar-refractivity contribution < 1.29 is 9.52 Å². The molecular formula is C13H14BrNO2. The number of hydrogen-bond acceptors (Lipinski definition) is 3. The van der Waals surface area contributed by atoms with Crippen molar-refractivity contribution in [2.45, 2.75) is 12.0 Å². The monoisotopic (exact) mass is 295 g/mol. The molecule has 0 amide bonds. The van der Waals surface area contributed by atoms with Gasteiger partial charge in [-0.1, -0.05) is 34.1 Å². The number of furan rings is 1. The van der Waals surface area contributed by atoms with E-state index in [0.717, 1.165) is 10.0 Å². The summed E-state index contributed by atoms with van der Waals surface area (Å²) in [5.41, 5.74) is 6.74. The Morgan fingerprint density at radius 2 is 2.00 bits per heavy atom. The van der Waals surface area contributed by atoms with Gasteiger partial charge in [0.05, 0.1) is 6.26 Å². The molecule has 0 aliphatic heterocycles. The van der Waals surface area contributed by atoms with Gasteiger partial charge in [-0.05, 0) is 23.8 Å². The molecule has 2 unspecified atom stereocenters. The Morgan fingerprint density at radius 3 is 2.59 bits per heavy atom. The highest BCUT2D eigenvalue weighted by Gasteiger charge is 2.24. The van der Waals surface area contributed by atoms with E-state index in [2.05, 4.69) is 15.9 Å². The lowest BCUT2D eigenvalue weighted by atomic mass is 9.92. The minimum atomic E-state index is -0.728. The third-order valence-electron chi connectivity index (χ3n) is 2.77. The molecule has 2 aromatic rings. The maximum absolute atomic E-state index is 10.3. The van der Waals surface area contributed by atoms with E-state index in [4.69, 9.17) is 10.2 Å². The van der Waals surface area contributed by atoms with Crippen LogP contribution in [0.2, 0.25) is 0 Å². The highest BCUT2D eigenvalue weighted by atomic mass is 79.9. The van der Waals surface area contributed by atoms with Crippen LogP contribution in [0, 0.1) is 0 Å². The molecule has 3 nitrogen and oxygen atoms in total. The van der Waals surface area contributed by atoms with Crippen molar-refractivity contribution in [3.05, 3.63) is 58.5 Å². The quantitative estimate of drug-likeness (QED) is 0.912. The standard InChI is InChI=1S/C13H14BrNO2/c14-11-5-2-1-4-9(11)10(8-15)13(16)12-6-3-7-17-12/h1-7,10,13,16H,8,15H2. The first kappa shape index (κ1) is 12.4. The minimum absolute atomic E-state index is 0.184. The Hall–Kier alpha value is -1.10. The van der Waals surface area contributed by atoms with Gasteiger partial charge in [-0.25, -0.2) is 0 Å².